The van der Waals surface area contributed by atoms with Crippen molar-refractivity contribution >= 4 is 28.3 Å². The normalized spacial score (nSPS) is 20.8. The standard InChI is InChI=1S/C17H27N3O3S.ClH/c1-3-20(4-2)24(22,23)16-7-5-6-13(12-16)17(21)19-15-10-8-14(18)9-11-15;/h5-7,12,14-15H,3-4,8-11,18H2,1-2H3,(H,19,21);1H. The second-order valence-electron chi connectivity index (χ2n) is 6.20. The zero-order valence-corrected chi connectivity index (χ0v) is 16.4. The van der Waals surface area contributed by atoms with Crippen molar-refractivity contribution in [3.8, 4) is 0 Å². The Morgan fingerprint density at radius 2 is 1.80 bits per heavy atom. The third-order valence-corrected chi connectivity index (χ3v) is 6.59. The summed E-state index contributed by atoms with van der Waals surface area (Å²) in [4.78, 5) is 12.6. The molecule has 0 radical (unpaired) electrons. The van der Waals surface area contributed by atoms with Crippen LogP contribution in [0, 0.1) is 0 Å². The molecule has 142 valence electrons. The van der Waals surface area contributed by atoms with Crippen LogP contribution in [0.15, 0.2) is 29.2 Å². The number of carbonyl (C=O) groups is 1. The van der Waals surface area contributed by atoms with Gasteiger partial charge in [-0.1, -0.05) is 19.9 Å². The highest BCUT2D eigenvalue weighted by Gasteiger charge is 2.24. The number of amides is 1. The summed E-state index contributed by atoms with van der Waals surface area (Å²) in [6, 6.07) is 6.58. The maximum atomic E-state index is 12.6. The Labute approximate surface area is 156 Å². The van der Waals surface area contributed by atoms with Crippen molar-refractivity contribution in [1.29, 1.82) is 0 Å². The Balaban J connectivity index is 0.00000312. The number of halogens is 1. The number of sulfonamides is 1. The van der Waals surface area contributed by atoms with Crippen LogP contribution in [0.1, 0.15) is 49.9 Å². The van der Waals surface area contributed by atoms with Gasteiger partial charge in [0.05, 0.1) is 4.90 Å². The molecule has 0 atom stereocenters. The Hall–Kier alpha value is -1.15. The van der Waals surface area contributed by atoms with Gasteiger partial charge in [-0.05, 0) is 43.9 Å². The van der Waals surface area contributed by atoms with E-state index in [4.69, 9.17) is 5.73 Å². The van der Waals surface area contributed by atoms with E-state index in [0.29, 0.717) is 18.7 Å². The van der Waals surface area contributed by atoms with E-state index in [1.54, 1.807) is 26.0 Å². The first-order chi connectivity index (χ1) is 11.4. The van der Waals surface area contributed by atoms with Crippen LogP contribution in [-0.2, 0) is 10.0 Å². The van der Waals surface area contributed by atoms with Gasteiger partial charge in [0.15, 0.2) is 0 Å². The Morgan fingerprint density at radius 3 is 2.36 bits per heavy atom. The fourth-order valence-corrected chi connectivity index (χ4v) is 4.55. The summed E-state index contributed by atoms with van der Waals surface area (Å²) in [6.07, 6.45) is 3.54. The van der Waals surface area contributed by atoms with Crippen LogP contribution in [0.4, 0.5) is 0 Å². The zero-order valence-electron chi connectivity index (χ0n) is 14.8. The minimum absolute atomic E-state index is 0. The topological polar surface area (TPSA) is 92.5 Å². The molecule has 1 saturated carbocycles. The lowest BCUT2D eigenvalue weighted by Gasteiger charge is -2.26. The van der Waals surface area contributed by atoms with Gasteiger partial charge in [0.1, 0.15) is 0 Å². The third kappa shape index (κ3) is 5.41. The Bertz CT molecular complexity index is 669. The van der Waals surface area contributed by atoms with Crippen LogP contribution in [0.2, 0.25) is 0 Å². The molecule has 1 amide bonds. The van der Waals surface area contributed by atoms with E-state index in [1.807, 2.05) is 0 Å². The van der Waals surface area contributed by atoms with Crippen molar-refractivity contribution in [2.75, 3.05) is 13.1 Å². The number of benzene rings is 1. The fraction of sp³-hybridized carbons (Fsp3) is 0.588. The van der Waals surface area contributed by atoms with Gasteiger partial charge in [0, 0.05) is 30.7 Å². The quantitative estimate of drug-likeness (QED) is 0.779. The molecule has 3 N–H and O–H groups in total. The van der Waals surface area contributed by atoms with Crippen molar-refractivity contribution in [3.05, 3.63) is 29.8 Å². The second-order valence-corrected chi connectivity index (χ2v) is 8.14. The minimum atomic E-state index is -3.56. The molecule has 25 heavy (non-hydrogen) atoms. The molecule has 0 unspecified atom stereocenters. The molecular weight excluding hydrogens is 362 g/mol. The van der Waals surface area contributed by atoms with Crippen LogP contribution in [0.5, 0.6) is 0 Å². The molecular formula is C17H28ClN3O3S. The summed E-state index contributed by atoms with van der Waals surface area (Å²) in [5.41, 5.74) is 6.25. The van der Waals surface area contributed by atoms with Crippen molar-refractivity contribution in [2.45, 2.75) is 56.5 Å². The summed E-state index contributed by atoms with van der Waals surface area (Å²) in [7, 11) is -3.56. The summed E-state index contributed by atoms with van der Waals surface area (Å²) in [5, 5.41) is 2.99. The number of nitrogens with two attached hydrogens (primary N) is 1. The van der Waals surface area contributed by atoms with Gasteiger partial charge in [0.2, 0.25) is 10.0 Å². The van der Waals surface area contributed by atoms with E-state index >= 15 is 0 Å². The second kappa shape index (κ2) is 9.52. The van der Waals surface area contributed by atoms with E-state index in [0.717, 1.165) is 25.7 Å². The van der Waals surface area contributed by atoms with E-state index < -0.39 is 10.0 Å². The van der Waals surface area contributed by atoms with Gasteiger partial charge >= 0.3 is 0 Å². The molecule has 0 bridgehead atoms. The van der Waals surface area contributed by atoms with Crippen molar-refractivity contribution in [3.63, 3.8) is 0 Å². The largest absolute Gasteiger partial charge is 0.349 e. The van der Waals surface area contributed by atoms with E-state index in [1.165, 1.54) is 16.4 Å². The highest BCUT2D eigenvalue weighted by molar-refractivity contribution is 7.89. The lowest BCUT2D eigenvalue weighted by atomic mass is 9.91. The number of nitrogens with zero attached hydrogens (tertiary/aromatic N) is 1. The number of hydrogen-bond acceptors (Lipinski definition) is 4. The maximum Gasteiger partial charge on any atom is 0.251 e. The molecule has 0 aliphatic heterocycles. The lowest BCUT2D eigenvalue weighted by Crippen LogP contribution is -2.40. The predicted molar refractivity (Wildman–Crippen MR) is 101 cm³/mol. The molecule has 8 heteroatoms. The predicted octanol–water partition coefficient (Wildman–Crippen LogP) is 2.14. The third-order valence-electron chi connectivity index (χ3n) is 4.55. The minimum Gasteiger partial charge on any atom is -0.349 e. The lowest BCUT2D eigenvalue weighted by molar-refractivity contribution is 0.0925. The molecule has 1 aliphatic carbocycles. The first-order valence-corrected chi connectivity index (χ1v) is 9.99. The Kier molecular flexibility index (Phi) is 8.34. The highest BCUT2D eigenvalue weighted by atomic mass is 35.5. The molecule has 0 saturated heterocycles. The summed E-state index contributed by atoms with van der Waals surface area (Å²) < 4.78 is 26.5. The van der Waals surface area contributed by atoms with E-state index in [9.17, 15) is 13.2 Å². The average molecular weight is 390 g/mol. The monoisotopic (exact) mass is 389 g/mol. The van der Waals surface area contributed by atoms with Crippen molar-refractivity contribution in [1.82, 2.24) is 9.62 Å². The molecule has 6 nitrogen and oxygen atoms in total. The van der Waals surface area contributed by atoms with E-state index in [-0.39, 0.29) is 35.3 Å². The molecule has 1 aliphatic rings. The molecule has 1 aromatic carbocycles. The SMILES string of the molecule is CCN(CC)S(=O)(=O)c1cccc(C(=O)NC2CCC(N)CC2)c1.Cl. The molecule has 1 fully saturated rings. The summed E-state index contributed by atoms with van der Waals surface area (Å²) in [5.74, 6) is -0.230. The zero-order chi connectivity index (χ0) is 17.7. The first kappa shape index (κ1) is 21.9. The van der Waals surface area contributed by atoms with Gasteiger partial charge in [-0.15, -0.1) is 12.4 Å². The van der Waals surface area contributed by atoms with Gasteiger partial charge in [-0.3, -0.25) is 4.79 Å². The van der Waals surface area contributed by atoms with Gasteiger partial charge in [-0.25, -0.2) is 8.42 Å². The maximum absolute atomic E-state index is 12.6. The van der Waals surface area contributed by atoms with Crippen molar-refractivity contribution < 1.29 is 13.2 Å². The van der Waals surface area contributed by atoms with Crippen LogP contribution in [0.25, 0.3) is 0 Å². The number of hydrogen-bond donors (Lipinski definition) is 2. The van der Waals surface area contributed by atoms with Crippen molar-refractivity contribution in [2.24, 2.45) is 5.73 Å². The van der Waals surface area contributed by atoms with Crippen LogP contribution >= 0.6 is 12.4 Å². The highest BCUT2D eigenvalue weighted by Crippen LogP contribution is 2.19. The Morgan fingerprint density at radius 1 is 1.20 bits per heavy atom. The van der Waals surface area contributed by atoms with Gasteiger partial charge in [-0.2, -0.15) is 4.31 Å². The van der Waals surface area contributed by atoms with Gasteiger partial charge < -0.3 is 11.1 Å². The van der Waals surface area contributed by atoms with E-state index in [2.05, 4.69) is 5.32 Å². The van der Waals surface area contributed by atoms with Crippen LogP contribution in [0.3, 0.4) is 0 Å². The summed E-state index contributed by atoms with van der Waals surface area (Å²) >= 11 is 0. The van der Waals surface area contributed by atoms with Crippen LogP contribution < -0.4 is 11.1 Å². The molecule has 0 heterocycles. The molecule has 0 aromatic heterocycles. The molecule has 0 spiro atoms. The number of carbonyl (C=O) groups excluding carboxylic acids is 1. The average Bonchev–Trinajstić information content (AvgIpc) is 2.58. The molecule has 2 rings (SSSR count). The smallest absolute Gasteiger partial charge is 0.251 e. The number of rotatable bonds is 6. The first-order valence-electron chi connectivity index (χ1n) is 8.55. The van der Waals surface area contributed by atoms with Gasteiger partial charge in [0.25, 0.3) is 5.91 Å². The fourth-order valence-electron chi connectivity index (χ4n) is 3.04. The van der Waals surface area contributed by atoms with Crippen LogP contribution in [-0.4, -0.2) is 43.8 Å². The summed E-state index contributed by atoms with van der Waals surface area (Å²) in [6.45, 7) is 4.39. The number of nitrogens with one attached hydrogen (secondary N) is 1. The molecule has 1 aromatic rings.